The molecule has 27 heavy (non-hydrogen) atoms. The van der Waals surface area contributed by atoms with E-state index in [2.05, 4.69) is 38.1 Å². The van der Waals surface area contributed by atoms with E-state index in [-0.39, 0.29) is 20.4 Å². The predicted octanol–water partition coefficient (Wildman–Crippen LogP) is 7.69. The second kappa shape index (κ2) is 14.5. The van der Waals surface area contributed by atoms with Gasteiger partial charge in [-0.25, -0.2) is 0 Å². The molecule has 0 amide bonds. The van der Waals surface area contributed by atoms with Gasteiger partial charge in [0.1, 0.15) is 0 Å². The fraction of sp³-hybridized carbons (Fsp3) is 0.417. The third-order valence-corrected chi connectivity index (χ3v) is 4.48. The number of aliphatic imine (C=N–C) groups is 2. The molecule has 0 aliphatic rings. The Labute approximate surface area is 178 Å². The van der Waals surface area contributed by atoms with Crippen LogP contribution in [0.25, 0.3) is 0 Å². The van der Waals surface area contributed by atoms with Crippen molar-refractivity contribution < 1.29 is 20.4 Å². The molecule has 2 rings (SSSR count). The number of rotatable bonds is 11. The van der Waals surface area contributed by atoms with Gasteiger partial charge in [-0.05, 0) is 43.5 Å². The molecule has 2 nitrogen and oxygen atoms in total. The molecule has 0 unspecified atom stereocenters. The molecule has 0 aliphatic heterocycles. The average Bonchev–Trinajstić information content (AvgIpc) is 2.69. The molecule has 0 saturated carbocycles. The van der Waals surface area contributed by atoms with E-state index in [1.165, 1.54) is 38.5 Å². The summed E-state index contributed by atoms with van der Waals surface area (Å²) in [5.74, 6) is 0. The molecule has 0 aliphatic carbocycles. The molecule has 0 spiro atoms. The van der Waals surface area contributed by atoms with Crippen molar-refractivity contribution in [1.82, 2.24) is 0 Å². The maximum absolute atomic E-state index is 4.95. The van der Waals surface area contributed by atoms with E-state index in [9.17, 15) is 0 Å². The Morgan fingerprint density at radius 3 is 1.63 bits per heavy atom. The molecule has 0 aromatic heterocycles. The first-order valence-electron chi connectivity index (χ1n) is 10.1. The summed E-state index contributed by atoms with van der Waals surface area (Å²) < 4.78 is 0. The van der Waals surface area contributed by atoms with Gasteiger partial charge in [0, 0.05) is 20.4 Å². The minimum atomic E-state index is 0. The fourth-order valence-electron chi connectivity index (χ4n) is 3.00. The smallest absolute Gasteiger partial charge is 0.0633 e. The van der Waals surface area contributed by atoms with Crippen LogP contribution in [0.3, 0.4) is 0 Å². The van der Waals surface area contributed by atoms with Gasteiger partial charge in [0.05, 0.1) is 22.8 Å². The Morgan fingerprint density at radius 2 is 1.11 bits per heavy atom. The summed E-state index contributed by atoms with van der Waals surface area (Å²) in [6.45, 7) is 4.43. The summed E-state index contributed by atoms with van der Waals surface area (Å²) in [5, 5.41) is 0. The molecule has 0 fully saturated rings. The van der Waals surface area contributed by atoms with Crippen LogP contribution in [0.15, 0.2) is 70.6 Å². The van der Waals surface area contributed by atoms with E-state index in [1.807, 2.05) is 36.4 Å². The van der Waals surface area contributed by atoms with Gasteiger partial charge in [0.2, 0.25) is 0 Å². The van der Waals surface area contributed by atoms with E-state index in [0.29, 0.717) is 0 Å². The van der Waals surface area contributed by atoms with Gasteiger partial charge in [-0.15, -0.1) is 0 Å². The normalized spacial score (nSPS) is 11.9. The maximum Gasteiger partial charge on any atom is 0.0633 e. The van der Waals surface area contributed by atoms with Crippen LogP contribution in [0.2, 0.25) is 0 Å². The van der Waals surface area contributed by atoms with Crippen molar-refractivity contribution in [1.29, 1.82) is 0 Å². The second-order valence-corrected chi connectivity index (χ2v) is 6.66. The van der Waals surface area contributed by atoms with Crippen LogP contribution in [0.1, 0.15) is 65.2 Å². The van der Waals surface area contributed by atoms with Crippen molar-refractivity contribution >= 4 is 22.8 Å². The average molecular weight is 455 g/mol. The van der Waals surface area contributed by atoms with Crippen LogP contribution in [0.4, 0.5) is 11.4 Å². The monoisotopic (exact) mass is 454 g/mol. The van der Waals surface area contributed by atoms with Crippen LogP contribution < -0.4 is 0 Å². The van der Waals surface area contributed by atoms with Gasteiger partial charge in [0.25, 0.3) is 0 Å². The van der Waals surface area contributed by atoms with Gasteiger partial charge >= 0.3 is 0 Å². The number of para-hydroxylation sites is 2. The Morgan fingerprint density at radius 1 is 0.630 bits per heavy atom. The standard InChI is InChI=1S/C24H32N2.Pd/c1-3-5-6-7-8-15-20-24(26-22-18-13-10-14-19-22)23(4-2)25-21-16-11-9-12-17-21;/h9-14,16-19H,3-8,15,20H2,1-2H3;. The number of hydrogen-bond donors (Lipinski definition) is 0. The number of nitrogens with zero attached hydrogens (tertiary/aromatic N) is 2. The van der Waals surface area contributed by atoms with E-state index < -0.39 is 0 Å². The summed E-state index contributed by atoms with van der Waals surface area (Å²) in [7, 11) is 0. The summed E-state index contributed by atoms with van der Waals surface area (Å²) in [5.41, 5.74) is 4.27. The zero-order valence-electron chi connectivity index (χ0n) is 16.6. The fourth-order valence-corrected chi connectivity index (χ4v) is 3.00. The Hall–Kier alpha value is -1.56. The van der Waals surface area contributed by atoms with Crippen molar-refractivity contribution in [3.05, 3.63) is 60.7 Å². The van der Waals surface area contributed by atoms with Crippen molar-refractivity contribution in [3.63, 3.8) is 0 Å². The van der Waals surface area contributed by atoms with Gasteiger partial charge in [-0.3, -0.25) is 9.98 Å². The molecule has 0 radical (unpaired) electrons. The third-order valence-electron chi connectivity index (χ3n) is 4.48. The molecule has 0 atom stereocenters. The SMILES string of the molecule is CCCCCCCCC(=Nc1ccccc1)C(CC)=Nc1ccccc1.[Pd]. The van der Waals surface area contributed by atoms with E-state index in [1.54, 1.807) is 0 Å². The quantitative estimate of drug-likeness (QED) is 0.189. The zero-order chi connectivity index (χ0) is 18.5. The number of benzene rings is 2. The molecule has 0 N–H and O–H groups in total. The first-order chi connectivity index (χ1) is 12.8. The molecular weight excluding hydrogens is 423 g/mol. The number of hydrogen-bond acceptors (Lipinski definition) is 2. The van der Waals surface area contributed by atoms with E-state index in [4.69, 9.17) is 9.98 Å². The summed E-state index contributed by atoms with van der Waals surface area (Å²) in [4.78, 5) is 9.83. The van der Waals surface area contributed by atoms with Crippen LogP contribution >= 0.6 is 0 Å². The molecule has 0 saturated heterocycles. The van der Waals surface area contributed by atoms with Gasteiger partial charge in [-0.1, -0.05) is 82.3 Å². The van der Waals surface area contributed by atoms with E-state index >= 15 is 0 Å². The van der Waals surface area contributed by atoms with Crippen LogP contribution in [-0.2, 0) is 20.4 Å². The van der Waals surface area contributed by atoms with E-state index in [0.717, 1.165) is 35.6 Å². The first kappa shape index (κ1) is 23.5. The minimum absolute atomic E-state index is 0. The molecule has 0 heterocycles. The summed E-state index contributed by atoms with van der Waals surface area (Å²) in [6, 6.07) is 20.5. The summed E-state index contributed by atoms with van der Waals surface area (Å²) >= 11 is 0. The molecule has 2 aromatic rings. The van der Waals surface area contributed by atoms with Crippen molar-refractivity contribution in [2.75, 3.05) is 0 Å². The van der Waals surface area contributed by atoms with Crippen LogP contribution in [-0.4, -0.2) is 11.4 Å². The predicted molar refractivity (Wildman–Crippen MR) is 115 cm³/mol. The van der Waals surface area contributed by atoms with Gasteiger partial charge in [0.15, 0.2) is 0 Å². The molecule has 148 valence electrons. The first-order valence-corrected chi connectivity index (χ1v) is 10.1. The van der Waals surface area contributed by atoms with Crippen molar-refractivity contribution in [2.45, 2.75) is 65.2 Å². The molecular formula is C24H32N2Pd. The van der Waals surface area contributed by atoms with Crippen LogP contribution in [0, 0.1) is 0 Å². The zero-order valence-corrected chi connectivity index (χ0v) is 18.2. The topological polar surface area (TPSA) is 24.7 Å². The van der Waals surface area contributed by atoms with Crippen LogP contribution in [0.5, 0.6) is 0 Å². The Bertz CT molecular complexity index is 678. The molecule has 3 heteroatoms. The Balaban J connectivity index is 0.00000364. The van der Waals surface area contributed by atoms with Crippen molar-refractivity contribution in [2.24, 2.45) is 9.98 Å². The largest absolute Gasteiger partial charge is 0.252 e. The van der Waals surface area contributed by atoms with Gasteiger partial charge < -0.3 is 0 Å². The van der Waals surface area contributed by atoms with Gasteiger partial charge in [-0.2, -0.15) is 0 Å². The summed E-state index contributed by atoms with van der Waals surface area (Å²) in [6.07, 6.45) is 9.67. The minimum Gasteiger partial charge on any atom is -0.252 e. The maximum atomic E-state index is 4.95. The Kier molecular flexibility index (Phi) is 12.6. The second-order valence-electron chi connectivity index (χ2n) is 6.66. The molecule has 2 aromatic carbocycles. The number of unbranched alkanes of at least 4 members (excludes halogenated alkanes) is 5. The molecule has 0 bridgehead atoms. The van der Waals surface area contributed by atoms with Crippen molar-refractivity contribution in [3.8, 4) is 0 Å². The third kappa shape index (κ3) is 9.27.